The van der Waals surface area contributed by atoms with E-state index >= 15 is 0 Å². The summed E-state index contributed by atoms with van der Waals surface area (Å²) in [6.07, 6.45) is 0. The molecule has 0 saturated heterocycles. The summed E-state index contributed by atoms with van der Waals surface area (Å²) in [6.45, 7) is 0.785. The molecular formula is C8H9BrN4. The maximum absolute atomic E-state index is 4.21. The van der Waals surface area contributed by atoms with Crippen LogP contribution in [0.1, 0.15) is 5.69 Å². The standard InChI is InChI=1S/C8H9BrN4/c1-10-5-6-3-2-4-7-11-8(9)12-13(6)7/h2-4,10H,5H2,1H3. The smallest absolute Gasteiger partial charge is 0.218 e. The summed E-state index contributed by atoms with van der Waals surface area (Å²) >= 11 is 3.25. The molecule has 0 aromatic carbocycles. The van der Waals surface area contributed by atoms with E-state index in [1.165, 1.54) is 0 Å². The van der Waals surface area contributed by atoms with Gasteiger partial charge in [-0.1, -0.05) is 6.07 Å². The first-order valence-electron chi connectivity index (χ1n) is 3.96. The van der Waals surface area contributed by atoms with Gasteiger partial charge in [0.15, 0.2) is 5.65 Å². The fourth-order valence-electron chi connectivity index (χ4n) is 1.25. The highest BCUT2D eigenvalue weighted by molar-refractivity contribution is 9.10. The van der Waals surface area contributed by atoms with E-state index in [1.807, 2.05) is 29.8 Å². The molecule has 0 amide bonds. The normalized spacial score (nSPS) is 10.9. The zero-order chi connectivity index (χ0) is 9.26. The number of halogens is 1. The van der Waals surface area contributed by atoms with Gasteiger partial charge in [-0.25, -0.2) is 9.50 Å². The first kappa shape index (κ1) is 8.65. The Morgan fingerprint density at radius 1 is 1.54 bits per heavy atom. The van der Waals surface area contributed by atoms with E-state index in [9.17, 15) is 0 Å². The second-order valence-corrected chi connectivity index (χ2v) is 3.41. The monoisotopic (exact) mass is 240 g/mol. The van der Waals surface area contributed by atoms with Crippen molar-refractivity contribution in [2.45, 2.75) is 6.54 Å². The van der Waals surface area contributed by atoms with Gasteiger partial charge in [0.2, 0.25) is 4.73 Å². The van der Waals surface area contributed by atoms with Crippen LogP contribution in [0.25, 0.3) is 5.65 Å². The molecule has 0 fully saturated rings. The van der Waals surface area contributed by atoms with Gasteiger partial charge in [0.05, 0.1) is 5.69 Å². The van der Waals surface area contributed by atoms with Crippen molar-refractivity contribution in [2.75, 3.05) is 7.05 Å². The average molecular weight is 241 g/mol. The Morgan fingerprint density at radius 3 is 3.15 bits per heavy atom. The third-order valence-corrected chi connectivity index (χ3v) is 2.11. The summed E-state index contributed by atoms with van der Waals surface area (Å²) < 4.78 is 2.44. The first-order chi connectivity index (χ1) is 6.31. The van der Waals surface area contributed by atoms with Gasteiger partial charge in [-0.05, 0) is 35.1 Å². The maximum Gasteiger partial charge on any atom is 0.218 e. The summed E-state index contributed by atoms with van der Waals surface area (Å²) in [5.74, 6) is 0. The van der Waals surface area contributed by atoms with Crippen LogP contribution in [-0.2, 0) is 6.54 Å². The van der Waals surface area contributed by atoms with E-state index in [2.05, 4.69) is 31.3 Å². The number of nitrogens with one attached hydrogen (secondary N) is 1. The van der Waals surface area contributed by atoms with Crippen LogP contribution in [-0.4, -0.2) is 21.6 Å². The Bertz CT molecular complexity index is 423. The van der Waals surface area contributed by atoms with Gasteiger partial charge in [-0.2, -0.15) is 0 Å². The average Bonchev–Trinajstić information content (AvgIpc) is 2.47. The van der Waals surface area contributed by atoms with Crippen molar-refractivity contribution in [1.29, 1.82) is 0 Å². The fraction of sp³-hybridized carbons (Fsp3) is 0.250. The van der Waals surface area contributed by atoms with Crippen LogP contribution in [0.2, 0.25) is 0 Å². The highest BCUT2D eigenvalue weighted by Gasteiger charge is 2.03. The predicted molar refractivity (Wildman–Crippen MR) is 53.5 cm³/mol. The second kappa shape index (κ2) is 3.43. The van der Waals surface area contributed by atoms with Crippen molar-refractivity contribution in [3.8, 4) is 0 Å². The second-order valence-electron chi connectivity index (χ2n) is 2.70. The molecule has 2 aromatic heterocycles. The number of hydrogen-bond donors (Lipinski definition) is 1. The topological polar surface area (TPSA) is 42.2 Å². The number of aromatic nitrogens is 3. The van der Waals surface area contributed by atoms with Crippen LogP contribution in [0.4, 0.5) is 0 Å². The molecule has 0 radical (unpaired) electrons. The van der Waals surface area contributed by atoms with Gasteiger partial charge >= 0.3 is 0 Å². The van der Waals surface area contributed by atoms with Gasteiger partial charge in [0.25, 0.3) is 0 Å². The van der Waals surface area contributed by atoms with Gasteiger partial charge in [-0.3, -0.25) is 0 Å². The third kappa shape index (κ3) is 1.57. The number of hydrogen-bond acceptors (Lipinski definition) is 3. The molecular weight excluding hydrogens is 232 g/mol. The highest BCUT2D eigenvalue weighted by Crippen LogP contribution is 2.09. The predicted octanol–water partition coefficient (Wildman–Crippen LogP) is 1.21. The van der Waals surface area contributed by atoms with E-state index < -0.39 is 0 Å². The van der Waals surface area contributed by atoms with Gasteiger partial charge < -0.3 is 5.32 Å². The molecule has 0 aliphatic rings. The highest BCUT2D eigenvalue weighted by atomic mass is 79.9. The summed E-state index contributed by atoms with van der Waals surface area (Å²) in [5.41, 5.74) is 1.96. The summed E-state index contributed by atoms with van der Waals surface area (Å²) in [7, 11) is 1.91. The van der Waals surface area contributed by atoms with E-state index in [1.54, 1.807) is 0 Å². The lowest BCUT2D eigenvalue weighted by molar-refractivity contribution is 0.745. The maximum atomic E-state index is 4.21. The number of rotatable bonds is 2. The van der Waals surface area contributed by atoms with Crippen molar-refractivity contribution >= 4 is 21.6 Å². The van der Waals surface area contributed by atoms with Crippen LogP contribution in [0, 0.1) is 0 Å². The molecule has 68 valence electrons. The zero-order valence-corrected chi connectivity index (χ0v) is 8.74. The van der Waals surface area contributed by atoms with Crippen molar-refractivity contribution in [2.24, 2.45) is 0 Å². The van der Waals surface area contributed by atoms with E-state index in [0.717, 1.165) is 17.9 Å². The zero-order valence-electron chi connectivity index (χ0n) is 7.16. The molecule has 1 N–H and O–H groups in total. The molecule has 13 heavy (non-hydrogen) atoms. The Kier molecular flexibility index (Phi) is 2.28. The van der Waals surface area contributed by atoms with E-state index in [0.29, 0.717) is 4.73 Å². The molecule has 0 bridgehead atoms. The number of pyridine rings is 1. The van der Waals surface area contributed by atoms with E-state index in [-0.39, 0.29) is 0 Å². The summed E-state index contributed by atoms with van der Waals surface area (Å²) in [4.78, 5) is 4.20. The SMILES string of the molecule is CNCc1cccc2nc(Br)nn12. The van der Waals surface area contributed by atoms with Crippen molar-refractivity contribution < 1.29 is 0 Å². The lowest BCUT2D eigenvalue weighted by Crippen LogP contribution is -2.09. The summed E-state index contributed by atoms with van der Waals surface area (Å²) in [6, 6.07) is 5.92. The molecule has 5 heteroatoms. The molecule has 0 saturated carbocycles. The lowest BCUT2D eigenvalue weighted by Gasteiger charge is -2.01. The van der Waals surface area contributed by atoms with Crippen LogP contribution >= 0.6 is 15.9 Å². The van der Waals surface area contributed by atoms with Gasteiger partial charge in [0.1, 0.15) is 0 Å². The Balaban J connectivity index is 2.60. The molecule has 2 heterocycles. The number of nitrogens with zero attached hydrogens (tertiary/aromatic N) is 3. The summed E-state index contributed by atoms with van der Waals surface area (Å²) in [5, 5.41) is 7.30. The minimum absolute atomic E-state index is 0.621. The van der Waals surface area contributed by atoms with Crippen LogP contribution in [0.15, 0.2) is 22.9 Å². The Labute approximate surface area is 84.1 Å². The number of fused-ring (bicyclic) bond motifs is 1. The molecule has 0 aliphatic carbocycles. The fourth-order valence-corrected chi connectivity index (χ4v) is 1.59. The Morgan fingerprint density at radius 2 is 2.38 bits per heavy atom. The largest absolute Gasteiger partial charge is 0.314 e. The third-order valence-electron chi connectivity index (χ3n) is 1.77. The lowest BCUT2D eigenvalue weighted by atomic mass is 10.3. The van der Waals surface area contributed by atoms with Crippen molar-refractivity contribution in [1.82, 2.24) is 19.9 Å². The van der Waals surface area contributed by atoms with E-state index in [4.69, 9.17) is 0 Å². The van der Waals surface area contributed by atoms with Crippen LogP contribution < -0.4 is 5.32 Å². The molecule has 4 nitrogen and oxygen atoms in total. The first-order valence-corrected chi connectivity index (χ1v) is 4.75. The molecule has 0 unspecified atom stereocenters. The van der Waals surface area contributed by atoms with Gasteiger partial charge in [-0.15, -0.1) is 5.10 Å². The molecule has 2 aromatic rings. The van der Waals surface area contributed by atoms with Crippen LogP contribution in [0.3, 0.4) is 0 Å². The van der Waals surface area contributed by atoms with Crippen LogP contribution in [0.5, 0.6) is 0 Å². The molecule has 0 atom stereocenters. The quantitative estimate of drug-likeness (QED) is 0.859. The molecule has 0 spiro atoms. The minimum atomic E-state index is 0.621. The molecule has 2 rings (SSSR count). The Hall–Kier alpha value is -0.940. The van der Waals surface area contributed by atoms with Gasteiger partial charge in [0, 0.05) is 6.54 Å². The van der Waals surface area contributed by atoms with Crippen molar-refractivity contribution in [3.05, 3.63) is 28.6 Å². The minimum Gasteiger partial charge on any atom is -0.314 e. The molecule has 0 aliphatic heterocycles. The van der Waals surface area contributed by atoms with Crippen molar-refractivity contribution in [3.63, 3.8) is 0 Å².